The summed E-state index contributed by atoms with van der Waals surface area (Å²) in [7, 11) is 0. The molecule has 0 bridgehead atoms. The molecular weight excluding hydrogens is 290 g/mol. The second-order valence-corrected chi connectivity index (χ2v) is 7.33. The van der Waals surface area contributed by atoms with Crippen molar-refractivity contribution in [1.29, 1.82) is 0 Å². The third-order valence-corrected chi connectivity index (χ3v) is 5.62. The van der Waals surface area contributed by atoms with Crippen molar-refractivity contribution in [1.82, 2.24) is 4.90 Å². The van der Waals surface area contributed by atoms with Crippen LogP contribution in [0.15, 0.2) is 24.3 Å². The Labute approximate surface area is 138 Å². The Bertz CT molecular complexity index is 542. The molecule has 4 atom stereocenters. The largest absolute Gasteiger partial charge is 0.478 e. The van der Waals surface area contributed by atoms with E-state index in [4.69, 9.17) is 5.11 Å². The molecule has 0 amide bonds. The van der Waals surface area contributed by atoms with Crippen molar-refractivity contribution in [2.75, 3.05) is 6.54 Å². The van der Waals surface area contributed by atoms with Crippen molar-refractivity contribution >= 4 is 5.97 Å². The molecule has 0 radical (unpaired) electrons. The Hall–Kier alpha value is -1.39. The minimum atomic E-state index is -0.880. The normalized spacial score (nSPS) is 32.1. The lowest BCUT2D eigenvalue weighted by Crippen LogP contribution is -2.43. The third-order valence-electron chi connectivity index (χ3n) is 5.62. The fourth-order valence-electron chi connectivity index (χ4n) is 4.34. The zero-order valence-electron chi connectivity index (χ0n) is 13.8. The van der Waals surface area contributed by atoms with Gasteiger partial charge >= 0.3 is 5.97 Å². The molecule has 4 heteroatoms. The number of aliphatic hydroxyl groups excluding tert-OH is 1. The van der Waals surface area contributed by atoms with Gasteiger partial charge in [0.15, 0.2) is 0 Å². The van der Waals surface area contributed by atoms with Crippen molar-refractivity contribution < 1.29 is 15.0 Å². The zero-order valence-corrected chi connectivity index (χ0v) is 13.8. The van der Waals surface area contributed by atoms with Crippen LogP contribution in [0.3, 0.4) is 0 Å². The maximum atomic E-state index is 10.9. The van der Waals surface area contributed by atoms with Crippen LogP contribution in [-0.2, 0) is 6.54 Å². The first-order valence-electron chi connectivity index (χ1n) is 8.79. The number of likely N-dealkylation sites (tertiary alicyclic amines) is 1. The van der Waals surface area contributed by atoms with Gasteiger partial charge in [0.25, 0.3) is 0 Å². The molecule has 2 N–H and O–H groups in total. The first kappa shape index (κ1) is 16.5. The van der Waals surface area contributed by atoms with Crippen LogP contribution in [0.25, 0.3) is 0 Å². The number of benzene rings is 1. The highest BCUT2D eigenvalue weighted by Crippen LogP contribution is 2.37. The van der Waals surface area contributed by atoms with Crippen LogP contribution in [0.4, 0.5) is 0 Å². The van der Waals surface area contributed by atoms with Crippen LogP contribution in [0.1, 0.15) is 54.9 Å². The van der Waals surface area contributed by atoms with Crippen molar-refractivity contribution in [3.05, 3.63) is 35.4 Å². The van der Waals surface area contributed by atoms with Gasteiger partial charge in [0.1, 0.15) is 0 Å². The molecular formula is C19H27NO3. The summed E-state index contributed by atoms with van der Waals surface area (Å²) in [4.78, 5) is 13.4. The van der Waals surface area contributed by atoms with E-state index in [1.54, 1.807) is 12.1 Å². The Morgan fingerprint density at radius 2 is 1.96 bits per heavy atom. The van der Waals surface area contributed by atoms with Crippen molar-refractivity contribution in [3.63, 3.8) is 0 Å². The van der Waals surface area contributed by atoms with Gasteiger partial charge in [0, 0.05) is 18.5 Å². The maximum absolute atomic E-state index is 10.9. The Morgan fingerprint density at radius 1 is 1.22 bits per heavy atom. The predicted octanol–water partition coefficient (Wildman–Crippen LogP) is 3.15. The van der Waals surface area contributed by atoms with E-state index in [2.05, 4.69) is 11.8 Å². The summed E-state index contributed by atoms with van der Waals surface area (Å²) in [6, 6.07) is 7.66. The van der Waals surface area contributed by atoms with Crippen LogP contribution in [-0.4, -0.2) is 39.8 Å². The van der Waals surface area contributed by atoms with Crippen molar-refractivity contribution in [3.8, 4) is 0 Å². The highest BCUT2D eigenvalue weighted by Gasteiger charge is 2.38. The molecule has 3 rings (SSSR count). The van der Waals surface area contributed by atoms with Gasteiger partial charge in [-0.3, -0.25) is 4.90 Å². The summed E-state index contributed by atoms with van der Waals surface area (Å²) in [5, 5.41) is 19.4. The van der Waals surface area contributed by atoms with Gasteiger partial charge in [-0.25, -0.2) is 4.79 Å². The molecule has 1 heterocycles. The molecule has 2 aliphatic rings. The lowest BCUT2D eigenvalue weighted by Gasteiger charge is -2.39. The molecule has 0 spiro atoms. The van der Waals surface area contributed by atoms with Crippen molar-refractivity contribution in [2.24, 2.45) is 11.8 Å². The molecule has 4 unspecified atom stereocenters. The predicted molar refractivity (Wildman–Crippen MR) is 89.3 cm³/mol. The second kappa shape index (κ2) is 7.02. The molecule has 4 nitrogen and oxygen atoms in total. The maximum Gasteiger partial charge on any atom is 0.335 e. The molecule has 1 aromatic rings. The van der Waals surface area contributed by atoms with E-state index in [1.807, 2.05) is 12.1 Å². The molecule has 1 saturated carbocycles. The fourth-order valence-corrected chi connectivity index (χ4v) is 4.34. The van der Waals surface area contributed by atoms with Crippen LogP contribution in [0.5, 0.6) is 0 Å². The van der Waals surface area contributed by atoms with E-state index in [0.717, 1.165) is 37.9 Å². The van der Waals surface area contributed by atoms with Gasteiger partial charge in [-0.1, -0.05) is 19.1 Å². The number of carboxylic acid groups (broad SMARTS) is 1. The summed E-state index contributed by atoms with van der Waals surface area (Å²) >= 11 is 0. The van der Waals surface area contributed by atoms with Gasteiger partial charge in [-0.15, -0.1) is 0 Å². The standard InChI is InChI=1S/C19H27NO3/c1-13-4-9-18(21)16(11-13)17-3-2-10-20(17)12-14-5-7-15(8-6-14)19(22)23/h5-8,13,16-18,21H,2-4,9-12H2,1H3,(H,22,23). The first-order chi connectivity index (χ1) is 11.0. The van der Waals surface area contributed by atoms with Crippen molar-refractivity contribution in [2.45, 2.75) is 57.7 Å². The van der Waals surface area contributed by atoms with Crippen LogP contribution < -0.4 is 0 Å². The average molecular weight is 317 g/mol. The number of hydrogen-bond acceptors (Lipinski definition) is 3. The van der Waals surface area contributed by atoms with E-state index < -0.39 is 5.97 Å². The Morgan fingerprint density at radius 3 is 2.65 bits per heavy atom. The van der Waals surface area contributed by atoms with Crippen LogP contribution >= 0.6 is 0 Å². The van der Waals surface area contributed by atoms with E-state index >= 15 is 0 Å². The van der Waals surface area contributed by atoms with Gasteiger partial charge in [-0.2, -0.15) is 0 Å². The average Bonchev–Trinajstić information content (AvgIpc) is 2.98. The van der Waals surface area contributed by atoms with E-state index in [-0.39, 0.29) is 6.10 Å². The molecule has 126 valence electrons. The molecule has 1 saturated heterocycles. The lowest BCUT2D eigenvalue weighted by atomic mass is 9.76. The molecule has 1 aliphatic carbocycles. The summed E-state index contributed by atoms with van der Waals surface area (Å²) in [6.45, 7) is 4.22. The molecule has 23 heavy (non-hydrogen) atoms. The summed E-state index contributed by atoms with van der Waals surface area (Å²) in [5.41, 5.74) is 1.49. The fraction of sp³-hybridized carbons (Fsp3) is 0.632. The molecule has 1 aromatic carbocycles. The van der Waals surface area contributed by atoms with Gasteiger partial charge in [0.2, 0.25) is 0 Å². The molecule has 0 aromatic heterocycles. The minimum Gasteiger partial charge on any atom is -0.478 e. The number of nitrogens with zero attached hydrogens (tertiary/aromatic N) is 1. The van der Waals surface area contributed by atoms with Crippen LogP contribution in [0, 0.1) is 11.8 Å². The highest BCUT2D eigenvalue weighted by molar-refractivity contribution is 5.87. The highest BCUT2D eigenvalue weighted by atomic mass is 16.4. The quantitative estimate of drug-likeness (QED) is 0.895. The van der Waals surface area contributed by atoms with Crippen LogP contribution in [0.2, 0.25) is 0 Å². The number of carbonyl (C=O) groups is 1. The van der Waals surface area contributed by atoms with E-state index in [1.165, 1.54) is 12.8 Å². The van der Waals surface area contributed by atoms with Gasteiger partial charge < -0.3 is 10.2 Å². The first-order valence-corrected chi connectivity index (χ1v) is 8.79. The lowest BCUT2D eigenvalue weighted by molar-refractivity contribution is 0.00553. The SMILES string of the molecule is CC1CCC(O)C(C2CCCN2Cc2ccc(C(=O)O)cc2)C1. The van der Waals surface area contributed by atoms with E-state index in [9.17, 15) is 9.90 Å². The zero-order chi connectivity index (χ0) is 16.4. The smallest absolute Gasteiger partial charge is 0.335 e. The summed E-state index contributed by atoms with van der Waals surface area (Å²) < 4.78 is 0. The number of aliphatic hydroxyl groups is 1. The number of aromatic carboxylic acids is 1. The van der Waals surface area contributed by atoms with E-state index in [0.29, 0.717) is 23.4 Å². The Balaban J connectivity index is 1.67. The number of rotatable bonds is 4. The molecule has 1 aliphatic heterocycles. The Kier molecular flexibility index (Phi) is 5.02. The minimum absolute atomic E-state index is 0.161. The van der Waals surface area contributed by atoms with Gasteiger partial charge in [-0.05, 0) is 62.3 Å². The summed E-state index contributed by atoms with van der Waals surface area (Å²) in [6.07, 6.45) is 5.40. The number of carboxylic acids is 1. The third kappa shape index (κ3) is 3.75. The molecule has 2 fully saturated rings. The summed E-state index contributed by atoms with van der Waals surface area (Å²) in [5.74, 6) is 0.218. The number of hydrogen-bond donors (Lipinski definition) is 2. The monoisotopic (exact) mass is 317 g/mol. The van der Waals surface area contributed by atoms with Gasteiger partial charge in [0.05, 0.1) is 11.7 Å². The second-order valence-electron chi connectivity index (χ2n) is 7.33. The topological polar surface area (TPSA) is 60.8 Å².